The summed E-state index contributed by atoms with van der Waals surface area (Å²) in [6, 6.07) is 8.86. The van der Waals surface area contributed by atoms with Gasteiger partial charge in [-0.1, -0.05) is 12.1 Å². The van der Waals surface area contributed by atoms with Crippen LogP contribution in [0.2, 0.25) is 0 Å². The molecule has 1 fully saturated rings. The minimum absolute atomic E-state index is 0.998. The Morgan fingerprint density at radius 1 is 1.11 bits per heavy atom. The molecule has 2 nitrogen and oxygen atoms in total. The molecule has 0 aliphatic carbocycles. The third kappa shape index (κ3) is 5.55. The summed E-state index contributed by atoms with van der Waals surface area (Å²) in [5, 5.41) is 3.54. The third-order valence-electron chi connectivity index (χ3n) is 3.76. The smallest absolute Gasteiger partial charge is 0.0205 e. The van der Waals surface area contributed by atoms with Crippen molar-refractivity contribution in [3.05, 3.63) is 29.8 Å². The van der Waals surface area contributed by atoms with Crippen molar-refractivity contribution in [1.29, 1.82) is 0 Å². The molecule has 106 valence electrons. The molecule has 0 radical (unpaired) electrons. The average Bonchev–Trinajstić information content (AvgIpc) is 2.96. The maximum Gasteiger partial charge on any atom is 0.0205 e. The van der Waals surface area contributed by atoms with Crippen LogP contribution in [0, 0.1) is 0 Å². The van der Waals surface area contributed by atoms with Crippen LogP contribution in [0.15, 0.2) is 29.2 Å². The van der Waals surface area contributed by atoms with E-state index < -0.39 is 0 Å². The molecule has 0 bridgehead atoms. The molecular formula is C16H26N2S. The summed E-state index contributed by atoms with van der Waals surface area (Å²) in [6.45, 7) is 6.09. The summed E-state index contributed by atoms with van der Waals surface area (Å²) in [5.74, 6) is 0. The van der Waals surface area contributed by atoms with Crippen molar-refractivity contribution in [2.45, 2.75) is 37.1 Å². The number of benzene rings is 1. The SMILES string of the molecule is CSc1ccc(CNCCCCN2CCCC2)cc1. The van der Waals surface area contributed by atoms with E-state index in [1.165, 1.54) is 55.8 Å². The van der Waals surface area contributed by atoms with E-state index in [0.29, 0.717) is 0 Å². The van der Waals surface area contributed by atoms with Gasteiger partial charge in [-0.25, -0.2) is 0 Å². The predicted octanol–water partition coefficient (Wildman–Crippen LogP) is 3.37. The highest BCUT2D eigenvalue weighted by Crippen LogP contribution is 2.14. The largest absolute Gasteiger partial charge is 0.313 e. The predicted molar refractivity (Wildman–Crippen MR) is 84.8 cm³/mol. The van der Waals surface area contributed by atoms with E-state index in [9.17, 15) is 0 Å². The van der Waals surface area contributed by atoms with Gasteiger partial charge in [-0.2, -0.15) is 0 Å². The van der Waals surface area contributed by atoms with Gasteiger partial charge in [-0.15, -0.1) is 11.8 Å². The zero-order valence-corrected chi connectivity index (χ0v) is 12.8. The Bertz CT molecular complexity index is 344. The van der Waals surface area contributed by atoms with Gasteiger partial charge >= 0.3 is 0 Å². The zero-order chi connectivity index (χ0) is 13.3. The lowest BCUT2D eigenvalue weighted by atomic mass is 10.2. The first kappa shape index (κ1) is 14.9. The maximum atomic E-state index is 3.54. The van der Waals surface area contributed by atoms with Gasteiger partial charge in [0.2, 0.25) is 0 Å². The van der Waals surface area contributed by atoms with Crippen LogP contribution in [-0.4, -0.2) is 37.3 Å². The number of nitrogens with one attached hydrogen (secondary N) is 1. The fourth-order valence-electron chi connectivity index (χ4n) is 2.57. The molecule has 1 aromatic rings. The number of hydrogen-bond acceptors (Lipinski definition) is 3. The molecule has 1 saturated heterocycles. The van der Waals surface area contributed by atoms with E-state index in [-0.39, 0.29) is 0 Å². The second-order valence-electron chi connectivity index (χ2n) is 5.28. The van der Waals surface area contributed by atoms with Gasteiger partial charge in [0.25, 0.3) is 0 Å². The van der Waals surface area contributed by atoms with Gasteiger partial charge in [0.05, 0.1) is 0 Å². The molecule has 0 spiro atoms. The normalized spacial score (nSPS) is 16.1. The van der Waals surface area contributed by atoms with Crippen LogP contribution in [0.25, 0.3) is 0 Å². The molecule has 19 heavy (non-hydrogen) atoms. The van der Waals surface area contributed by atoms with Gasteiger partial charge in [0.1, 0.15) is 0 Å². The Morgan fingerprint density at radius 2 is 1.84 bits per heavy atom. The molecule has 0 amide bonds. The fraction of sp³-hybridized carbons (Fsp3) is 0.625. The topological polar surface area (TPSA) is 15.3 Å². The fourth-order valence-corrected chi connectivity index (χ4v) is 2.98. The zero-order valence-electron chi connectivity index (χ0n) is 12.0. The van der Waals surface area contributed by atoms with Gasteiger partial charge in [-0.05, 0) is 75.8 Å². The average molecular weight is 278 g/mol. The number of hydrogen-bond donors (Lipinski definition) is 1. The van der Waals surface area contributed by atoms with E-state index in [1.807, 2.05) is 0 Å². The summed E-state index contributed by atoms with van der Waals surface area (Å²) in [7, 11) is 0. The molecule has 0 atom stereocenters. The molecular weight excluding hydrogens is 252 g/mol. The number of likely N-dealkylation sites (tertiary alicyclic amines) is 1. The second-order valence-corrected chi connectivity index (χ2v) is 6.16. The van der Waals surface area contributed by atoms with E-state index >= 15 is 0 Å². The van der Waals surface area contributed by atoms with Crippen molar-refractivity contribution in [1.82, 2.24) is 10.2 Å². The lowest BCUT2D eigenvalue weighted by Gasteiger charge is -2.14. The monoisotopic (exact) mass is 278 g/mol. The molecule has 1 aliphatic rings. The Balaban J connectivity index is 1.51. The van der Waals surface area contributed by atoms with Crippen LogP contribution in [-0.2, 0) is 6.54 Å². The summed E-state index contributed by atoms with van der Waals surface area (Å²) in [6.07, 6.45) is 7.56. The maximum absolute atomic E-state index is 3.54. The van der Waals surface area contributed by atoms with E-state index in [0.717, 1.165) is 13.1 Å². The lowest BCUT2D eigenvalue weighted by molar-refractivity contribution is 0.329. The van der Waals surface area contributed by atoms with Crippen molar-refractivity contribution in [3.63, 3.8) is 0 Å². The number of thioether (sulfide) groups is 1. The van der Waals surface area contributed by atoms with Crippen molar-refractivity contribution < 1.29 is 0 Å². The van der Waals surface area contributed by atoms with Crippen molar-refractivity contribution in [3.8, 4) is 0 Å². The summed E-state index contributed by atoms with van der Waals surface area (Å²) < 4.78 is 0. The van der Waals surface area contributed by atoms with Gasteiger partial charge < -0.3 is 10.2 Å². The van der Waals surface area contributed by atoms with E-state index in [2.05, 4.69) is 40.7 Å². The van der Waals surface area contributed by atoms with Crippen LogP contribution in [0.4, 0.5) is 0 Å². The Morgan fingerprint density at radius 3 is 2.53 bits per heavy atom. The van der Waals surface area contributed by atoms with E-state index in [1.54, 1.807) is 11.8 Å². The highest BCUT2D eigenvalue weighted by molar-refractivity contribution is 7.98. The molecule has 0 saturated carbocycles. The summed E-state index contributed by atoms with van der Waals surface area (Å²) >= 11 is 1.80. The molecule has 3 heteroatoms. The van der Waals surface area contributed by atoms with Gasteiger partial charge in [-0.3, -0.25) is 0 Å². The third-order valence-corrected chi connectivity index (χ3v) is 4.51. The number of unbranched alkanes of at least 4 members (excludes halogenated alkanes) is 1. The van der Waals surface area contributed by atoms with Gasteiger partial charge in [0, 0.05) is 11.4 Å². The number of rotatable bonds is 8. The minimum Gasteiger partial charge on any atom is -0.313 e. The Hall–Kier alpha value is -0.510. The van der Waals surface area contributed by atoms with Gasteiger partial charge in [0.15, 0.2) is 0 Å². The summed E-state index contributed by atoms with van der Waals surface area (Å²) in [4.78, 5) is 3.94. The first-order valence-corrected chi connectivity index (χ1v) is 8.67. The molecule has 1 aromatic carbocycles. The summed E-state index contributed by atoms with van der Waals surface area (Å²) in [5.41, 5.74) is 1.39. The minimum atomic E-state index is 0.998. The van der Waals surface area contributed by atoms with Crippen LogP contribution in [0.3, 0.4) is 0 Å². The van der Waals surface area contributed by atoms with Crippen molar-refractivity contribution >= 4 is 11.8 Å². The van der Waals surface area contributed by atoms with Crippen molar-refractivity contribution in [2.24, 2.45) is 0 Å². The molecule has 1 N–H and O–H groups in total. The van der Waals surface area contributed by atoms with E-state index in [4.69, 9.17) is 0 Å². The Labute approximate surface area is 122 Å². The first-order valence-electron chi connectivity index (χ1n) is 7.44. The highest BCUT2D eigenvalue weighted by Gasteiger charge is 2.09. The first-order chi connectivity index (χ1) is 9.38. The van der Waals surface area contributed by atoms with Crippen molar-refractivity contribution in [2.75, 3.05) is 32.4 Å². The molecule has 1 heterocycles. The Kier molecular flexibility index (Phi) is 6.75. The standard InChI is InChI=1S/C16H26N2S/c1-19-16-8-6-15(7-9-16)14-17-10-2-3-11-18-12-4-5-13-18/h6-9,17H,2-5,10-14H2,1H3. The highest BCUT2D eigenvalue weighted by atomic mass is 32.2. The number of nitrogens with zero attached hydrogens (tertiary/aromatic N) is 1. The molecule has 1 aliphatic heterocycles. The second kappa shape index (κ2) is 8.62. The van der Waals surface area contributed by atoms with Crippen LogP contribution in [0.1, 0.15) is 31.2 Å². The molecule has 2 rings (SSSR count). The van der Waals surface area contributed by atoms with Crippen LogP contribution < -0.4 is 5.32 Å². The quantitative estimate of drug-likeness (QED) is 0.580. The molecule has 0 aromatic heterocycles. The molecule has 0 unspecified atom stereocenters. The lowest BCUT2D eigenvalue weighted by Crippen LogP contribution is -2.22. The van der Waals surface area contributed by atoms with Crippen LogP contribution in [0.5, 0.6) is 0 Å². The van der Waals surface area contributed by atoms with Crippen LogP contribution >= 0.6 is 11.8 Å².